The fraction of sp³-hybridized carbons (Fsp3) is 0.182. The lowest BCUT2D eigenvalue weighted by Crippen LogP contribution is -2.35. The van der Waals surface area contributed by atoms with Crippen LogP contribution in [0, 0.1) is 11.3 Å². The van der Waals surface area contributed by atoms with Gasteiger partial charge in [-0.3, -0.25) is 14.9 Å². The molecule has 6 aromatic rings. The molecule has 222 valence electrons. The number of aromatic nitrogens is 2. The Kier molecular flexibility index (Phi) is 9.57. The maximum Gasteiger partial charge on any atom is 0.139 e. The predicted octanol–water partition coefficient (Wildman–Crippen LogP) is 9.02. The molecule has 44 heavy (non-hydrogen) atoms. The molecule has 2 aromatic carbocycles. The van der Waals surface area contributed by atoms with Crippen molar-refractivity contribution in [1.29, 1.82) is 5.26 Å². The van der Waals surface area contributed by atoms with Crippen LogP contribution in [0.1, 0.15) is 11.1 Å². The van der Waals surface area contributed by atoms with Crippen molar-refractivity contribution in [2.75, 3.05) is 38.7 Å². The van der Waals surface area contributed by atoms with E-state index in [0.717, 1.165) is 75.8 Å². The molecule has 1 saturated heterocycles. The summed E-state index contributed by atoms with van der Waals surface area (Å²) in [6.45, 7) is 4.55. The lowest BCUT2D eigenvalue weighted by Gasteiger charge is -2.26. The van der Waals surface area contributed by atoms with E-state index in [-0.39, 0.29) is 0 Å². The van der Waals surface area contributed by atoms with E-state index in [4.69, 9.17) is 37.9 Å². The first-order valence-electron chi connectivity index (χ1n) is 13.8. The summed E-state index contributed by atoms with van der Waals surface area (Å²) in [6.07, 6.45) is 3.41. The lowest BCUT2D eigenvalue weighted by atomic mass is 10.0. The van der Waals surface area contributed by atoms with Crippen LogP contribution in [0.2, 0.25) is 10.0 Å². The molecule has 0 unspecified atom stereocenters. The normalized spacial score (nSPS) is 13.3. The van der Waals surface area contributed by atoms with Crippen LogP contribution in [0.5, 0.6) is 5.75 Å². The second-order valence-electron chi connectivity index (χ2n) is 10.0. The van der Waals surface area contributed by atoms with Crippen LogP contribution in [-0.2, 0) is 11.3 Å². The zero-order chi connectivity index (χ0) is 30.5. The molecular formula is C33H27Cl2N5O2S2. The summed E-state index contributed by atoms with van der Waals surface area (Å²) in [5, 5.41) is 17.1. The summed E-state index contributed by atoms with van der Waals surface area (Å²) in [4.78, 5) is 11.2. The Morgan fingerprint density at radius 2 is 1.82 bits per heavy atom. The fourth-order valence-electron chi connectivity index (χ4n) is 4.88. The third-order valence-electron chi connectivity index (χ3n) is 7.17. The van der Waals surface area contributed by atoms with E-state index in [2.05, 4.69) is 55.9 Å². The van der Waals surface area contributed by atoms with Crippen molar-refractivity contribution in [1.82, 2.24) is 14.9 Å². The zero-order valence-corrected chi connectivity index (χ0v) is 26.9. The van der Waals surface area contributed by atoms with Gasteiger partial charge in [0, 0.05) is 49.0 Å². The van der Waals surface area contributed by atoms with Gasteiger partial charge in [-0.15, -0.1) is 22.7 Å². The monoisotopic (exact) mass is 659 g/mol. The van der Waals surface area contributed by atoms with Gasteiger partial charge in [-0.2, -0.15) is 5.26 Å². The van der Waals surface area contributed by atoms with Gasteiger partial charge in [0.05, 0.1) is 67.7 Å². The first-order chi connectivity index (χ1) is 21.5. The number of nitrogens with zero attached hydrogens (tertiary/aromatic N) is 4. The highest BCUT2D eigenvalue weighted by Gasteiger charge is 2.15. The zero-order valence-electron chi connectivity index (χ0n) is 23.7. The maximum absolute atomic E-state index is 8.55. The molecule has 1 aliphatic heterocycles. The molecule has 0 saturated carbocycles. The van der Waals surface area contributed by atoms with E-state index in [1.54, 1.807) is 48.1 Å². The predicted molar refractivity (Wildman–Crippen MR) is 182 cm³/mol. The number of thiophene rings is 2. The number of hydrogen-bond acceptors (Lipinski definition) is 9. The van der Waals surface area contributed by atoms with Crippen LogP contribution in [0.25, 0.3) is 31.6 Å². The van der Waals surface area contributed by atoms with Gasteiger partial charge in [-0.05, 0) is 40.8 Å². The van der Waals surface area contributed by atoms with Crippen molar-refractivity contribution in [3.8, 4) is 22.9 Å². The van der Waals surface area contributed by atoms with Crippen LogP contribution in [-0.4, -0.2) is 48.3 Å². The first-order valence-corrected chi connectivity index (χ1v) is 16.3. The summed E-state index contributed by atoms with van der Waals surface area (Å²) in [7, 11) is 1.58. The minimum Gasteiger partial charge on any atom is -0.495 e. The molecule has 0 atom stereocenters. The quantitative estimate of drug-likeness (QED) is 0.191. The average Bonchev–Trinajstić information content (AvgIpc) is 3.71. The Balaban J connectivity index is 0.000000261. The van der Waals surface area contributed by atoms with Crippen molar-refractivity contribution in [3.63, 3.8) is 0 Å². The molecule has 1 fully saturated rings. The van der Waals surface area contributed by atoms with Crippen LogP contribution >= 0.6 is 45.9 Å². The Labute approximate surface area is 273 Å². The van der Waals surface area contributed by atoms with E-state index in [0.29, 0.717) is 21.4 Å². The molecule has 0 aliphatic carbocycles. The van der Waals surface area contributed by atoms with Gasteiger partial charge in [0.15, 0.2) is 0 Å². The summed E-state index contributed by atoms with van der Waals surface area (Å²) in [5.74, 6) is 0.568. The second-order valence-corrected chi connectivity index (χ2v) is 12.6. The molecule has 0 amide bonds. The lowest BCUT2D eigenvalue weighted by molar-refractivity contribution is 0.0342. The number of nitrogens with one attached hydrogen (secondary N) is 1. The molecule has 0 bridgehead atoms. The molecule has 7 nitrogen and oxygen atoms in total. The van der Waals surface area contributed by atoms with Gasteiger partial charge >= 0.3 is 0 Å². The van der Waals surface area contributed by atoms with Crippen molar-refractivity contribution in [2.24, 2.45) is 0 Å². The molecule has 11 heteroatoms. The van der Waals surface area contributed by atoms with E-state index in [9.17, 15) is 0 Å². The van der Waals surface area contributed by atoms with Crippen LogP contribution in [0.3, 0.4) is 0 Å². The molecule has 5 heterocycles. The number of anilines is 2. The van der Waals surface area contributed by atoms with E-state index in [1.807, 2.05) is 29.8 Å². The number of rotatable bonds is 6. The number of ether oxygens (including phenoxy) is 2. The van der Waals surface area contributed by atoms with E-state index in [1.165, 1.54) is 5.56 Å². The van der Waals surface area contributed by atoms with Gasteiger partial charge in [-0.25, -0.2) is 0 Å². The molecule has 7 rings (SSSR count). The fourth-order valence-corrected chi connectivity index (χ4v) is 7.17. The number of methoxy groups -OCH3 is 1. The van der Waals surface area contributed by atoms with Crippen LogP contribution < -0.4 is 10.1 Å². The van der Waals surface area contributed by atoms with Crippen molar-refractivity contribution < 1.29 is 9.47 Å². The number of hydrogen-bond donors (Lipinski definition) is 1. The number of nitriles is 1. The molecule has 0 radical (unpaired) electrons. The number of morpholine rings is 1. The van der Waals surface area contributed by atoms with Gasteiger partial charge in [0.2, 0.25) is 0 Å². The Hall–Kier alpha value is -3.75. The van der Waals surface area contributed by atoms with Crippen molar-refractivity contribution >= 4 is 77.7 Å². The number of fused-ring (bicyclic) bond motifs is 2. The number of halogens is 2. The Morgan fingerprint density at radius 1 is 1.00 bits per heavy atom. The first kappa shape index (κ1) is 30.3. The molecule has 4 aromatic heterocycles. The molecule has 0 spiro atoms. The Morgan fingerprint density at radius 3 is 2.59 bits per heavy atom. The third kappa shape index (κ3) is 6.81. The largest absolute Gasteiger partial charge is 0.495 e. The molecule has 1 N–H and O–H groups in total. The van der Waals surface area contributed by atoms with Gasteiger partial charge in [0.25, 0.3) is 0 Å². The highest BCUT2D eigenvalue weighted by Crippen LogP contribution is 2.40. The van der Waals surface area contributed by atoms with E-state index < -0.39 is 0 Å². The maximum atomic E-state index is 8.55. The summed E-state index contributed by atoms with van der Waals surface area (Å²) < 4.78 is 12.9. The van der Waals surface area contributed by atoms with Gasteiger partial charge in [-0.1, -0.05) is 47.5 Å². The summed E-state index contributed by atoms with van der Waals surface area (Å²) >= 11 is 15.9. The van der Waals surface area contributed by atoms with Crippen LogP contribution in [0.15, 0.2) is 77.8 Å². The van der Waals surface area contributed by atoms with Crippen molar-refractivity contribution in [2.45, 2.75) is 6.54 Å². The smallest absolute Gasteiger partial charge is 0.139 e. The molecule has 1 aliphatic rings. The van der Waals surface area contributed by atoms with Gasteiger partial charge < -0.3 is 14.8 Å². The minimum atomic E-state index is 0.475. The highest BCUT2D eigenvalue weighted by molar-refractivity contribution is 7.18. The standard InChI is InChI=1S/C25H23Cl2N3O2S.C8H4N2S/c1-31-23-13-22(19(26)12-20(23)27)29-21-6-7-28-24-18(15-33-25(21)24)17-4-2-16(3-5-17)14-30-8-10-32-11-9-30;9-4-6-3-8-7(10-5-6)1-2-11-8/h2-7,12-13,15H,8-11,14H2,1H3,(H,28,29);1-3,5H. The average molecular weight is 661 g/mol. The van der Waals surface area contributed by atoms with Crippen LogP contribution in [0.4, 0.5) is 11.4 Å². The third-order valence-corrected chi connectivity index (χ3v) is 9.64. The van der Waals surface area contributed by atoms with Gasteiger partial charge in [0.1, 0.15) is 11.8 Å². The second kappa shape index (κ2) is 13.9. The SMILES string of the molecule is COc1cc(Nc2ccnc3c(-c4ccc(CN5CCOCC5)cc4)csc23)c(Cl)cc1Cl.N#Cc1cnc2ccsc2c1. The Bertz CT molecular complexity index is 1950. The summed E-state index contributed by atoms with van der Waals surface area (Å²) in [5.41, 5.74) is 7.80. The molecular weight excluding hydrogens is 633 g/mol. The minimum absolute atomic E-state index is 0.475. The topological polar surface area (TPSA) is 83.3 Å². The van der Waals surface area contributed by atoms with E-state index >= 15 is 0 Å². The number of benzene rings is 2. The summed E-state index contributed by atoms with van der Waals surface area (Å²) in [6, 6.07) is 20.1. The highest BCUT2D eigenvalue weighted by atomic mass is 35.5. The van der Waals surface area contributed by atoms with Crippen molar-refractivity contribution in [3.05, 3.63) is 98.9 Å². The number of pyridine rings is 2.